The first-order chi connectivity index (χ1) is 20.9. The number of fused-ring (bicyclic) bond motifs is 2. The molecule has 1 amide bonds. The average molecular weight is 583 g/mol. The third-order valence-corrected chi connectivity index (χ3v) is 8.48. The highest BCUT2D eigenvalue weighted by atomic mass is 16.6. The van der Waals surface area contributed by atoms with Gasteiger partial charge in [0.2, 0.25) is 12.5 Å². The zero-order valence-corrected chi connectivity index (χ0v) is 24.9. The molecule has 0 saturated carbocycles. The third kappa shape index (κ3) is 6.01. The highest BCUT2D eigenvalue weighted by Gasteiger charge is 2.35. The van der Waals surface area contributed by atoms with Crippen LogP contribution in [0.3, 0.4) is 0 Å². The van der Waals surface area contributed by atoms with E-state index in [0.29, 0.717) is 52.0 Å². The van der Waals surface area contributed by atoms with Crippen molar-refractivity contribution >= 4 is 28.2 Å². The van der Waals surface area contributed by atoms with Crippen LogP contribution in [-0.4, -0.2) is 91.6 Å². The van der Waals surface area contributed by atoms with Crippen LogP contribution in [-0.2, 0) is 27.2 Å². The normalized spacial score (nSPS) is 19.4. The number of amides is 1. The molecule has 2 saturated heterocycles. The molecular weight excluding hydrogens is 544 g/mol. The molecule has 2 atom stereocenters. The highest BCUT2D eigenvalue weighted by Crippen LogP contribution is 2.36. The Bertz CT molecular complexity index is 1550. The van der Waals surface area contributed by atoms with Gasteiger partial charge in [-0.05, 0) is 43.4 Å². The number of aryl methyl sites for hydroxylation is 1. The molecule has 6 rings (SSSR count). The molecule has 0 radical (unpaired) electrons. The van der Waals surface area contributed by atoms with E-state index >= 15 is 0 Å². The number of nitrogens with zero attached hydrogens (tertiary/aromatic N) is 6. The maximum atomic E-state index is 12.5. The van der Waals surface area contributed by atoms with Gasteiger partial charge >= 0.3 is 6.01 Å². The Kier molecular flexibility index (Phi) is 8.45. The van der Waals surface area contributed by atoms with Crippen LogP contribution in [0.5, 0.6) is 6.01 Å². The molecule has 43 heavy (non-hydrogen) atoms. The zero-order chi connectivity index (χ0) is 29.9. The van der Waals surface area contributed by atoms with Crippen LogP contribution in [0.4, 0.5) is 11.5 Å². The Morgan fingerprint density at radius 3 is 2.74 bits per heavy atom. The van der Waals surface area contributed by atoms with Gasteiger partial charge in [0.25, 0.3) is 0 Å². The predicted octanol–water partition coefficient (Wildman–Crippen LogP) is 3.81. The Labute approximate surface area is 252 Å². The Hall–Kier alpha value is -4.20. The highest BCUT2D eigenvalue weighted by molar-refractivity contribution is 5.97. The number of carbonyl (C=O) groups is 1. The molecule has 0 bridgehead atoms. The summed E-state index contributed by atoms with van der Waals surface area (Å²) in [5.74, 6) is 0.684. The minimum atomic E-state index is -0.248. The number of carbonyl (C=O) groups excluding carboxylic acids is 1. The summed E-state index contributed by atoms with van der Waals surface area (Å²) in [5, 5.41) is 2.48. The van der Waals surface area contributed by atoms with Crippen molar-refractivity contribution in [2.45, 2.75) is 45.1 Å². The van der Waals surface area contributed by atoms with Crippen LogP contribution in [0, 0.1) is 13.5 Å². The lowest BCUT2D eigenvalue weighted by atomic mass is 9.99. The molecule has 1 aromatic heterocycles. The summed E-state index contributed by atoms with van der Waals surface area (Å²) >= 11 is 0. The maximum absolute atomic E-state index is 12.5. The number of ether oxygens (including phenoxy) is 3. The first kappa shape index (κ1) is 28.9. The number of aromatic nitrogens is 2. The molecule has 3 aliphatic rings. The maximum Gasteiger partial charge on any atom is 0.319 e. The topological polar surface area (TPSA) is 84.6 Å². The quantitative estimate of drug-likeness (QED) is 0.278. The van der Waals surface area contributed by atoms with E-state index in [0.717, 1.165) is 30.0 Å². The number of rotatable bonds is 9. The molecule has 0 unspecified atom stereocenters. The lowest BCUT2D eigenvalue weighted by Crippen LogP contribution is -2.56. The predicted molar refractivity (Wildman–Crippen MR) is 165 cm³/mol. The molecule has 10 nitrogen and oxygen atoms in total. The van der Waals surface area contributed by atoms with E-state index in [1.54, 1.807) is 4.90 Å². The van der Waals surface area contributed by atoms with E-state index in [-0.39, 0.29) is 30.7 Å². The van der Waals surface area contributed by atoms with Gasteiger partial charge in [-0.2, -0.15) is 9.97 Å². The summed E-state index contributed by atoms with van der Waals surface area (Å²) in [6, 6.07) is 12.9. The van der Waals surface area contributed by atoms with Crippen molar-refractivity contribution in [3.05, 3.63) is 77.3 Å². The van der Waals surface area contributed by atoms with Gasteiger partial charge in [-0.3, -0.25) is 4.79 Å². The van der Waals surface area contributed by atoms with Crippen LogP contribution in [0.1, 0.15) is 23.7 Å². The fourth-order valence-electron chi connectivity index (χ4n) is 6.19. The molecule has 0 N–H and O–H groups in total. The summed E-state index contributed by atoms with van der Waals surface area (Å²) in [7, 11) is 0. The van der Waals surface area contributed by atoms with Gasteiger partial charge in [-0.25, -0.2) is 6.57 Å². The van der Waals surface area contributed by atoms with Gasteiger partial charge in [0, 0.05) is 42.8 Å². The van der Waals surface area contributed by atoms with Crippen molar-refractivity contribution in [1.29, 1.82) is 0 Å². The van der Waals surface area contributed by atoms with Gasteiger partial charge in [0.1, 0.15) is 24.1 Å². The number of anilines is 2. The number of piperazine rings is 1. The summed E-state index contributed by atoms with van der Waals surface area (Å²) < 4.78 is 17.4. The molecular formula is C33H38N6O4. The minimum absolute atomic E-state index is 0.109. The van der Waals surface area contributed by atoms with Crippen LogP contribution >= 0.6 is 0 Å². The van der Waals surface area contributed by atoms with Gasteiger partial charge in [0.05, 0.1) is 32.1 Å². The summed E-state index contributed by atoms with van der Waals surface area (Å²) in [4.78, 5) is 32.4. The second kappa shape index (κ2) is 12.6. The van der Waals surface area contributed by atoms with E-state index in [1.807, 2.05) is 6.92 Å². The number of hydrogen-bond donors (Lipinski definition) is 0. The fraction of sp³-hybridized carbons (Fsp3) is 0.455. The Morgan fingerprint density at radius 2 is 2.00 bits per heavy atom. The van der Waals surface area contributed by atoms with E-state index in [9.17, 15) is 4.79 Å². The largest absolute Gasteiger partial charge is 0.458 e. The first-order valence-corrected chi connectivity index (χ1v) is 15.0. The van der Waals surface area contributed by atoms with Crippen molar-refractivity contribution in [3.8, 4) is 6.01 Å². The summed E-state index contributed by atoms with van der Waals surface area (Å²) in [6.07, 6.45) is 1.96. The van der Waals surface area contributed by atoms with E-state index in [2.05, 4.69) is 64.5 Å². The number of hydrogen-bond acceptors (Lipinski definition) is 8. The lowest BCUT2D eigenvalue weighted by Gasteiger charge is -2.41. The van der Waals surface area contributed by atoms with Gasteiger partial charge in [-0.1, -0.05) is 36.9 Å². The van der Waals surface area contributed by atoms with Crippen molar-refractivity contribution in [3.63, 3.8) is 0 Å². The Balaban J connectivity index is 1.32. The molecule has 2 aromatic carbocycles. The summed E-state index contributed by atoms with van der Waals surface area (Å²) in [5.41, 5.74) is 4.47. The zero-order valence-electron chi connectivity index (χ0n) is 24.9. The van der Waals surface area contributed by atoms with Gasteiger partial charge in [0.15, 0.2) is 0 Å². The average Bonchev–Trinajstić information content (AvgIpc) is 2.99. The smallest absolute Gasteiger partial charge is 0.319 e. The molecule has 4 heterocycles. The van der Waals surface area contributed by atoms with E-state index in [4.69, 9.17) is 30.8 Å². The third-order valence-electron chi connectivity index (χ3n) is 8.48. The summed E-state index contributed by atoms with van der Waals surface area (Å²) in [6.45, 7) is 20.2. The lowest BCUT2D eigenvalue weighted by molar-refractivity contribution is -0.139. The standard InChI is InChI=1S/C33H38N6O4/c1-5-30(40)39-15-14-38(17-25(39)16-34-4)32-27-12-13-37(29-11-7-10-24-9-6-8-22(2)31(24)29)18-28(27)35-33(36-32)43-23(3)19-42-26-20-41-21-26/h5-11,23,25-26H,1,12-21H2,2-3H3/t23-,25-/m0/s1. The van der Waals surface area contributed by atoms with Crippen LogP contribution in [0.15, 0.2) is 49.1 Å². The van der Waals surface area contributed by atoms with Gasteiger partial charge < -0.3 is 33.8 Å². The number of benzene rings is 2. The fourth-order valence-corrected chi connectivity index (χ4v) is 6.19. The van der Waals surface area contributed by atoms with Crippen molar-refractivity contribution in [2.24, 2.45) is 0 Å². The molecule has 0 aliphatic carbocycles. The monoisotopic (exact) mass is 582 g/mol. The second-order valence-electron chi connectivity index (χ2n) is 11.5. The van der Waals surface area contributed by atoms with Crippen molar-refractivity contribution in [2.75, 3.05) is 62.3 Å². The molecule has 2 fully saturated rings. The van der Waals surface area contributed by atoms with E-state index in [1.165, 1.54) is 28.1 Å². The minimum Gasteiger partial charge on any atom is -0.458 e. The first-order valence-electron chi connectivity index (χ1n) is 15.0. The SMILES string of the molecule is [C-]#[N+]C[C@H]1CN(c2nc(O[C@@H](C)COC3COC3)nc3c2CCN(c2cccc4cccc(C)c24)C3)CCN1C(=O)C=C. The molecule has 3 aromatic rings. The molecule has 10 heteroatoms. The van der Waals surface area contributed by atoms with Crippen molar-refractivity contribution in [1.82, 2.24) is 14.9 Å². The molecule has 0 spiro atoms. The van der Waals surface area contributed by atoms with E-state index < -0.39 is 0 Å². The molecule has 3 aliphatic heterocycles. The van der Waals surface area contributed by atoms with Crippen LogP contribution < -0.4 is 14.5 Å². The van der Waals surface area contributed by atoms with Crippen LogP contribution in [0.25, 0.3) is 15.6 Å². The van der Waals surface area contributed by atoms with Gasteiger partial charge in [-0.15, -0.1) is 0 Å². The Morgan fingerprint density at radius 1 is 1.19 bits per heavy atom. The second-order valence-corrected chi connectivity index (χ2v) is 11.5. The molecule has 224 valence electrons. The van der Waals surface area contributed by atoms with Crippen LogP contribution in [0.2, 0.25) is 0 Å². The van der Waals surface area contributed by atoms with Crippen molar-refractivity contribution < 1.29 is 19.0 Å².